The third-order valence-electron chi connectivity index (χ3n) is 4.50. The van der Waals surface area contributed by atoms with Crippen molar-refractivity contribution in [3.8, 4) is 0 Å². The molecule has 3 aromatic rings. The number of benzene rings is 3. The van der Waals surface area contributed by atoms with E-state index in [1.165, 1.54) is 49.4 Å². The lowest BCUT2D eigenvalue weighted by Gasteiger charge is -2.11. The quantitative estimate of drug-likeness (QED) is 0.585. The summed E-state index contributed by atoms with van der Waals surface area (Å²) in [6.07, 6.45) is -0.311. The van der Waals surface area contributed by atoms with Gasteiger partial charge < -0.3 is 5.11 Å². The van der Waals surface area contributed by atoms with Crippen LogP contribution in [0.2, 0.25) is 5.02 Å². The van der Waals surface area contributed by atoms with Crippen molar-refractivity contribution >= 4 is 44.0 Å². The fraction of sp³-hybridized carbons (Fsp3) is 0.143. The molecule has 0 aliphatic heterocycles. The molecule has 0 aliphatic carbocycles. The van der Waals surface area contributed by atoms with Gasteiger partial charge in [-0.1, -0.05) is 30.7 Å². The van der Waals surface area contributed by atoms with Crippen LogP contribution in [0.25, 0.3) is 10.8 Å². The molecular weight excluding hydrogens is 419 g/mol. The molecule has 0 unspecified atom stereocenters. The number of carbonyl (C=O) groups is 2. The predicted octanol–water partition coefficient (Wildman–Crippen LogP) is 4.28. The van der Waals surface area contributed by atoms with E-state index >= 15 is 0 Å². The minimum absolute atomic E-state index is 0.00270. The van der Waals surface area contributed by atoms with Gasteiger partial charge in [0.1, 0.15) is 5.82 Å². The third kappa shape index (κ3) is 4.31. The molecule has 0 atom stereocenters. The first-order valence-corrected chi connectivity index (χ1v) is 10.7. The number of sulfone groups is 1. The molecule has 150 valence electrons. The molecule has 8 heteroatoms. The zero-order valence-electron chi connectivity index (χ0n) is 15.3. The van der Waals surface area contributed by atoms with Crippen molar-refractivity contribution in [3.63, 3.8) is 0 Å². The van der Waals surface area contributed by atoms with Crippen LogP contribution in [0.3, 0.4) is 0 Å². The Morgan fingerprint density at radius 1 is 1.03 bits per heavy atom. The van der Waals surface area contributed by atoms with Crippen molar-refractivity contribution in [2.45, 2.75) is 18.2 Å². The number of rotatable bonds is 6. The van der Waals surface area contributed by atoms with Gasteiger partial charge in [0.15, 0.2) is 15.6 Å². The number of hydrogen-bond donors (Lipinski definition) is 1. The van der Waals surface area contributed by atoms with E-state index in [2.05, 4.69) is 0 Å². The minimum Gasteiger partial charge on any atom is -0.481 e. The van der Waals surface area contributed by atoms with Gasteiger partial charge in [-0.3, -0.25) is 9.59 Å². The summed E-state index contributed by atoms with van der Waals surface area (Å²) in [4.78, 5) is 24.3. The number of hydrogen-bond acceptors (Lipinski definition) is 4. The Bertz CT molecular complexity index is 1250. The lowest BCUT2D eigenvalue weighted by Crippen LogP contribution is -2.08. The molecule has 0 radical (unpaired) electrons. The van der Waals surface area contributed by atoms with E-state index < -0.39 is 27.4 Å². The average molecular weight is 435 g/mol. The highest BCUT2D eigenvalue weighted by atomic mass is 35.5. The molecule has 3 rings (SSSR count). The molecule has 0 heterocycles. The van der Waals surface area contributed by atoms with Crippen molar-refractivity contribution in [3.05, 3.63) is 76.1 Å². The lowest BCUT2D eigenvalue weighted by molar-refractivity contribution is -0.136. The van der Waals surface area contributed by atoms with E-state index in [0.717, 1.165) is 0 Å². The van der Waals surface area contributed by atoms with Gasteiger partial charge in [0.05, 0.1) is 22.1 Å². The maximum Gasteiger partial charge on any atom is 0.307 e. The Balaban J connectivity index is 2.18. The summed E-state index contributed by atoms with van der Waals surface area (Å²) < 4.78 is 37.8. The van der Waals surface area contributed by atoms with Crippen LogP contribution in [-0.4, -0.2) is 31.0 Å². The van der Waals surface area contributed by atoms with Crippen LogP contribution in [-0.2, 0) is 21.1 Å². The smallest absolute Gasteiger partial charge is 0.307 e. The number of fused-ring (bicyclic) bond motifs is 1. The van der Waals surface area contributed by atoms with Crippen molar-refractivity contribution in [2.24, 2.45) is 0 Å². The van der Waals surface area contributed by atoms with E-state index in [9.17, 15) is 22.4 Å². The Morgan fingerprint density at radius 3 is 2.38 bits per heavy atom. The lowest BCUT2D eigenvalue weighted by atomic mass is 9.94. The number of halogens is 2. The first kappa shape index (κ1) is 21.0. The first-order valence-electron chi connectivity index (χ1n) is 8.63. The molecule has 5 nitrogen and oxygen atoms in total. The number of carboxylic acids is 1. The van der Waals surface area contributed by atoms with Crippen LogP contribution in [0.5, 0.6) is 0 Å². The number of ketones is 1. The van der Waals surface area contributed by atoms with E-state index in [1.54, 1.807) is 6.07 Å². The molecule has 0 spiro atoms. The van der Waals surface area contributed by atoms with E-state index in [1.807, 2.05) is 0 Å². The van der Waals surface area contributed by atoms with Gasteiger partial charge in [-0.25, -0.2) is 12.8 Å². The second-order valence-electron chi connectivity index (χ2n) is 6.45. The van der Waals surface area contributed by atoms with Crippen molar-refractivity contribution in [1.82, 2.24) is 0 Å². The van der Waals surface area contributed by atoms with Crippen molar-refractivity contribution < 1.29 is 27.5 Å². The van der Waals surface area contributed by atoms with Gasteiger partial charge in [0.25, 0.3) is 0 Å². The molecule has 0 saturated carbocycles. The Hall–Kier alpha value is -2.77. The molecule has 0 bridgehead atoms. The largest absolute Gasteiger partial charge is 0.481 e. The summed E-state index contributed by atoms with van der Waals surface area (Å²) in [5.41, 5.74) is 0.507. The topological polar surface area (TPSA) is 88.5 Å². The van der Waals surface area contributed by atoms with Crippen molar-refractivity contribution in [1.29, 1.82) is 0 Å². The normalized spacial score (nSPS) is 11.6. The summed E-state index contributed by atoms with van der Waals surface area (Å²) in [6.45, 7) is 1.50. The third-order valence-corrected chi connectivity index (χ3v) is 6.55. The van der Waals surface area contributed by atoms with Crippen LogP contribution in [0, 0.1) is 5.82 Å². The van der Waals surface area contributed by atoms with E-state index in [0.29, 0.717) is 16.3 Å². The van der Waals surface area contributed by atoms with Crippen LogP contribution < -0.4 is 0 Å². The molecule has 29 heavy (non-hydrogen) atoms. The zero-order chi connectivity index (χ0) is 21.3. The Kier molecular flexibility index (Phi) is 5.73. The second-order valence-corrected chi connectivity index (χ2v) is 9.14. The predicted molar refractivity (Wildman–Crippen MR) is 108 cm³/mol. The van der Waals surface area contributed by atoms with Crippen LogP contribution in [0.4, 0.5) is 4.39 Å². The Morgan fingerprint density at radius 2 is 1.76 bits per heavy atom. The number of aliphatic carboxylic acids is 1. The number of carboxylic acid groups (broad SMARTS) is 1. The maximum absolute atomic E-state index is 13.8. The highest BCUT2D eigenvalue weighted by molar-refractivity contribution is 7.91. The summed E-state index contributed by atoms with van der Waals surface area (Å²) in [7, 11) is -3.50. The second kappa shape index (κ2) is 7.93. The molecule has 0 aliphatic rings. The monoisotopic (exact) mass is 434 g/mol. The van der Waals surface area contributed by atoms with Gasteiger partial charge in [0, 0.05) is 11.1 Å². The average Bonchev–Trinajstić information content (AvgIpc) is 2.66. The fourth-order valence-electron chi connectivity index (χ4n) is 3.04. The van der Waals surface area contributed by atoms with E-state index in [-0.39, 0.29) is 33.2 Å². The standard InChI is InChI=1S/C21H16ClFO5S/c1-2-29(27,28)15-5-6-16(19(22)11-15)21(26)18-8-12(9-20(24)25)7-13-3-4-14(23)10-17(13)18/h3-8,10-11H,2,9H2,1H3,(H,24,25). The van der Waals surface area contributed by atoms with Gasteiger partial charge in [-0.15, -0.1) is 0 Å². The summed E-state index contributed by atoms with van der Waals surface area (Å²) in [6, 6.07) is 10.7. The summed E-state index contributed by atoms with van der Waals surface area (Å²) >= 11 is 6.19. The maximum atomic E-state index is 13.8. The van der Waals surface area contributed by atoms with Crippen molar-refractivity contribution in [2.75, 3.05) is 5.75 Å². The highest BCUT2D eigenvalue weighted by Gasteiger charge is 2.20. The number of carbonyl (C=O) groups excluding carboxylic acids is 1. The summed E-state index contributed by atoms with van der Waals surface area (Å²) in [5.74, 6) is -2.29. The first-order chi connectivity index (χ1) is 13.6. The molecule has 0 fully saturated rings. The molecule has 3 aromatic carbocycles. The SMILES string of the molecule is CCS(=O)(=O)c1ccc(C(=O)c2cc(CC(=O)O)cc3ccc(F)cc23)c(Cl)c1. The minimum atomic E-state index is -3.50. The van der Waals surface area contributed by atoms with Crippen LogP contribution in [0.1, 0.15) is 28.4 Å². The fourth-order valence-corrected chi connectivity index (χ4v) is 4.28. The van der Waals surface area contributed by atoms with Crippen LogP contribution >= 0.6 is 11.6 Å². The van der Waals surface area contributed by atoms with Gasteiger partial charge in [-0.2, -0.15) is 0 Å². The van der Waals surface area contributed by atoms with Gasteiger partial charge in [-0.05, 0) is 52.7 Å². The molecule has 0 amide bonds. The molecule has 1 N–H and O–H groups in total. The summed E-state index contributed by atoms with van der Waals surface area (Å²) in [5, 5.41) is 9.84. The highest BCUT2D eigenvalue weighted by Crippen LogP contribution is 2.29. The van der Waals surface area contributed by atoms with Crippen LogP contribution in [0.15, 0.2) is 53.4 Å². The zero-order valence-corrected chi connectivity index (χ0v) is 16.8. The van der Waals surface area contributed by atoms with E-state index in [4.69, 9.17) is 16.7 Å². The molecular formula is C21H16ClFO5S. The Labute approximate surface area is 171 Å². The molecule has 0 aromatic heterocycles. The van der Waals surface area contributed by atoms with Gasteiger partial charge >= 0.3 is 5.97 Å². The van der Waals surface area contributed by atoms with Gasteiger partial charge in [0.2, 0.25) is 0 Å². The molecule has 0 saturated heterocycles.